The molecule has 0 atom stereocenters. The van der Waals surface area contributed by atoms with Gasteiger partial charge in [-0.15, -0.1) is 0 Å². The predicted octanol–water partition coefficient (Wildman–Crippen LogP) is 4.35. The fourth-order valence-electron chi connectivity index (χ4n) is 1.59. The molecule has 2 aromatic carbocycles. The summed E-state index contributed by atoms with van der Waals surface area (Å²) >= 11 is 6.76. The van der Waals surface area contributed by atoms with Gasteiger partial charge in [0.05, 0.1) is 10.0 Å². The molecule has 0 heterocycles. The van der Waals surface area contributed by atoms with Crippen LogP contribution in [-0.2, 0) is 0 Å². The third-order valence-corrected chi connectivity index (χ3v) is 4.44. The van der Waals surface area contributed by atoms with E-state index in [-0.39, 0.29) is 5.91 Å². The highest BCUT2D eigenvalue weighted by Gasteiger charge is 2.12. The molecule has 1 amide bonds. The summed E-state index contributed by atoms with van der Waals surface area (Å²) in [5, 5.41) is 2.84. The highest BCUT2D eigenvalue weighted by Crippen LogP contribution is 2.25. The van der Waals surface area contributed by atoms with Crippen LogP contribution in [0, 0.1) is 6.92 Å². The van der Waals surface area contributed by atoms with Crippen molar-refractivity contribution in [1.82, 2.24) is 0 Å². The third-order valence-electron chi connectivity index (χ3n) is 2.70. The van der Waals surface area contributed by atoms with Crippen LogP contribution in [0.15, 0.2) is 45.3 Å². The zero-order valence-electron chi connectivity index (χ0n) is 10.2. The van der Waals surface area contributed by atoms with Crippen molar-refractivity contribution >= 4 is 49.1 Å². The van der Waals surface area contributed by atoms with Crippen molar-refractivity contribution in [2.45, 2.75) is 6.92 Å². The summed E-state index contributed by atoms with van der Waals surface area (Å²) in [5.41, 5.74) is 8.66. The van der Waals surface area contributed by atoms with E-state index in [2.05, 4.69) is 37.2 Å². The SMILES string of the molecule is Cc1ccc(NC(=O)c2cccc(N)c2Br)cc1Br. The quantitative estimate of drug-likeness (QED) is 0.757. The molecule has 5 heteroatoms. The number of carbonyl (C=O) groups is 1. The Morgan fingerprint density at radius 3 is 2.63 bits per heavy atom. The van der Waals surface area contributed by atoms with E-state index in [4.69, 9.17) is 5.73 Å². The van der Waals surface area contributed by atoms with Crippen LogP contribution in [-0.4, -0.2) is 5.91 Å². The standard InChI is InChI=1S/C14H12Br2N2O/c1-8-5-6-9(7-11(8)15)18-14(19)10-3-2-4-12(17)13(10)16/h2-7H,17H2,1H3,(H,18,19). The van der Waals surface area contributed by atoms with E-state index in [1.165, 1.54) is 0 Å². The summed E-state index contributed by atoms with van der Waals surface area (Å²) in [6.07, 6.45) is 0. The van der Waals surface area contributed by atoms with Crippen molar-refractivity contribution in [3.8, 4) is 0 Å². The molecule has 0 aliphatic carbocycles. The van der Waals surface area contributed by atoms with Gasteiger partial charge in [0.1, 0.15) is 0 Å². The fourth-order valence-corrected chi connectivity index (χ4v) is 2.42. The van der Waals surface area contributed by atoms with E-state index >= 15 is 0 Å². The third kappa shape index (κ3) is 3.16. The summed E-state index contributed by atoms with van der Waals surface area (Å²) in [5.74, 6) is -0.199. The highest BCUT2D eigenvalue weighted by atomic mass is 79.9. The Balaban J connectivity index is 2.26. The summed E-state index contributed by atoms with van der Waals surface area (Å²) in [7, 11) is 0. The number of anilines is 2. The number of halogens is 2. The molecule has 0 bridgehead atoms. The lowest BCUT2D eigenvalue weighted by atomic mass is 10.1. The lowest BCUT2D eigenvalue weighted by Crippen LogP contribution is -2.13. The number of hydrogen-bond donors (Lipinski definition) is 2. The van der Waals surface area contributed by atoms with Crippen LogP contribution in [0.25, 0.3) is 0 Å². The molecule has 3 nitrogen and oxygen atoms in total. The lowest BCUT2D eigenvalue weighted by Gasteiger charge is -2.09. The minimum atomic E-state index is -0.199. The van der Waals surface area contributed by atoms with E-state index in [0.717, 1.165) is 15.7 Å². The van der Waals surface area contributed by atoms with E-state index in [1.54, 1.807) is 18.2 Å². The van der Waals surface area contributed by atoms with Crippen molar-refractivity contribution in [3.05, 3.63) is 56.5 Å². The average Bonchev–Trinajstić information content (AvgIpc) is 2.37. The first-order valence-corrected chi connectivity index (χ1v) is 7.19. The van der Waals surface area contributed by atoms with Crippen molar-refractivity contribution in [1.29, 1.82) is 0 Å². The van der Waals surface area contributed by atoms with Crippen LogP contribution >= 0.6 is 31.9 Å². The average molecular weight is 384 g/mol. The topological polar surface area (TPSA) is 55.1 Å². The summed E-state index contributed by atoms with van der Waals surface area (Å²) < 4.78 is 1.57. The molecular formula is C14H12Br2N2O. The molecule has 3 N–H and O–H groups in total. The molecule has 2 aromatic rings. The number of hydrogen-bond acceptors (Lipinski definition) is 2. The molecule has 0 radical (unpaired) electrons. The predicted molar refractivity (Wildman–Crippen MR) is 85.4 cm³/mol. The zero-order valence-corrected chi connectivity index (χ0v) is 13.4. The van der Waals surface area contributed by atoms with Crippen LogP contribution in [0.5, 0.6) is 0 Å². The Labute approximate surface area is 128 Å². The molecule has 0 saturated carbocycles. The number of benzene rings is 2. The van der Waals surface area contributed by atoms with Gasteiger partial charge >= 0.3 is 0 Å². The number of rotatable bonds is 2. The Morgan fingerprint density at radius 1 is 1.21 bits per heavy atom. The van der Waals surface area contributed by atoms with Gasteiger partial charge in [-0.3, -0.25) is 4.79 Å². The molecule has 0 saturated heterocycles. The molecule has 0 unspecified atom stereocenters. The summed E-state index contributed by atoms with van der Waals surface area (Å²) in [6, 6.07) is 10.9. The van der Waals surface area contributed by atoms with Gasteiger partial charge in [-0.25, -0.2) is 0 Å². The maximum Gasteiger partial charge on any atom is 0.256 e. The van der Waals surface area contributed by atoms with Gasteiger partial charge in [-0.2, -0.15) is 0 Å². The van der Waals surface area contributed by atoms with Crippen molar-refractivity contribution in [3.63, 3.8) is 0 Å². The van der Waals surface area contributed by atoms with Gasteiger partial charge in [0.25, 0.3) is 5.91 Å². The number of nitrogens with two attached hydrogens (primary N) is 1. The second-order valence-corrected chi connectivity index (χ2v) is 5.77. The number of aryl methyl sites for hydroxylation is 1. The summed E-state index contributed by atoms with van der Waals surface area (Å²) in [6.45, 7) is 1.99. The van der Waals surface area contributed by atoms with E-state index in [1.807, 2.05) is 25.1 Å². The molecule has 0 aliphatic rings. The highest BCUT2D eigenvalue weighted by molar-refractivity contribution is 9.11. The number of nitrogens with one attached hydrogen (secondary N) is 1. The normalized spacial score (nSPS) is 10.3. The van der Waals surface area contributed by atoms with Crippen molar-refractivity contribution in [2.75, 3.05) is 11.1 Å². The molecule has 0 fully saturated rings. The Bertz CT molecular complexity index is 641. The lowest BCUT2D eigenvalue weighted by molar-refractivity contribution is 0.102. The molecule has 98 valence electrons. The van der Waals surface area contributed by atoms with Crippen molar-refractivity contribution in [2.24, 2.45) is 0 Å². The second kappa shape index (κ2) is 5.75. The number of nitrogen functional groups attached to an aromatic ring is 1. The van der Waals surface area contributed by atoms with Crippen LogP contribution in [0.4, 0.5) is 11.4 Å². The molecule has 0 aliphatic heterocycles. The molecule has 2 rings (SSSR count). The first-order chi connectivity index (χ1) is 8.99. The first-order valence-electron chi connectivity index (χ1n) is 5.60. The number of carbonyl (C=O) groups excluding carboxylic acids is 1. The summed E-state index contributed by atoms with van der Waals surface area (Å²) in [4.78, 5) is 12.2. The van der Waals surface area contributed by atoms with E-state index in [9.17, 15) is 4.79 Å². The molecule has 19 heavy (non-hydrogen) atoms. The fraction of sp³-hybridized carbons (Fsp3) is 0.0714. The van der Waals surface area contributed by atoms with Crippen LogP contribution in [0.2, 0.25) is 0 Å². The molecular weight excluding hydrogens is 372 g/mol. The van der Waals surface area contributed by atoms with Crippen LogP contribution in [0.1, 0.15) is 15.9 Å². The smallest absolute Gasteiger partial charge is 0.256 e. The Morgan fingerprint density at radius 2 is 1.95 bits per heavy atom. The second-order valence-electron chi connectivity index (χ2n) is 4.13. The van der Waals surface area contributed by atoms with Gasteiger partial charge < -0.3 is 11.1 Å². The van der Waals surface area contributed by atoms with Crippen LogP contribution < -0.4 is 11.1 Å². The minimum absolute atomic E-state index is 0.199. The zero-order chi connectivity index (χ0) is 14.0. The maximum atomic E-state index is 12.2. The number of amides is 1. The van der Waals surface area contributed by atoms with Gasteiger partial charge in [-0.1, -0.05) is 28.1 Å². The van der Waals surface area contributed by atoms with Crippen LogP contribution in [0.3, 0.4) is 0 Å². The van der Waals surface area contributed by atoms with Gasteiger partial charge in [0.15, 0.2) is 0 Å². The van der Waals surface area contributed by atoms with Gasteiger partial charge in [-0.05, 0) is 52.7 Å². The monoisotopic (exact) mass is 382 g/mol. The molecule has 0 spiro atoms. The van der Waals surface area contributed by atoms with E-state index in [0.29, 0.717) is 15.7 Å². The minimum Gasteiger partial charge on any atom is -0.398 e. The molecule has 0 aromatic heterocycles. The van der Waals surface area contributed by atoms with E-state index < -0.39 is 0 Å². The Kier molecular flexibility index (Phi) is 4.27. The largest absolute Gasteiger partial charge is 0.398 e. The van der Waals surface area contributed by atoms with Gasteiger partial charge in [0.2, 0.25) is 0 Å². The first kappa shape index (κ1) is 14.1. The van der Waals surface area contributed by atoms with Gasteiger partial charge in [0, 0.05) is 15.8 Å². The maximum absolute atomic E-state index is 12.2. The Hall–Kier alpha value is -1.33. The van der Waals surface area contributed by atoms with Crippen molar-refractivity contribution < 1.29 is 4.79 Å².